The second kappa shape index (κ2) is 6.45. The molecular formula is C19H10Cl2N2OS. The number of furan rings is 1. The first-order valence-electron chi connectivity index (χ1n) is 7.38. The molecule has 0 unspecified atom stereocenters. The van der Waals surface area contributed by atoms with Crippen molar-refractivity contribution in [3.63, 3.8) is 0 Å². The summed E-state index contributed by atoms with van der Waals surface area (Å²) in [6.45, 7) is 0. The topological polar surface area (TPSA) is 41.9 Å². The molecule has 0 saturated carbocycles. The van der Waals surface area contributed by atoms with Gasteiger partial charge in [0.15, 0.2) is 5.76 Å². The van der Waals surface area contributed by atoms with Gasteiger partial charge in [-0.25, -0.2) is 0 Å². The van der Waals surface area contributed by atoms with E-state index >= 15 is 0 Å². The van der Waals surface area contributed by atoms with Gasteiger partial charge in [0, 0.05) is 23.0 Å². The molecule has 4 rings (SSSR count). The van der Waals surface area contributed by atoms with E-state index in [1.165, 1.54) is 11.3 Å². The Morgan fingerprint density at radius 1 is 1.08 bits per heavy atom. The fourth-order valence-corrected chi connectivity index (χ4v) is 3.92. The van der Waals surface area contributed by atoms with Crippen molar-refractivity contribution in [2.45, 2.75) is 0 Å². The number of thiophene rings is 1. The molecule has 0 spiro atoms. The van der Waals surface area contributed by atoms with Gasteiger partial charge in [0.2, 0.25) is 5.88 Å². The van der Waals surface area contributed by atoms with Crippen LogP contribution in [0.5, 0.6) is 0 Å². The number of benzene rings is 1. The Labute approximate surface area is 158 Å². The van der Waals surface area contributed by atoms with Crippen molar-refractivity contribution in [2.24, 2.45) is 0 Å². The largest absolute Gasteiger partial charge is 0.437 e. The molecule has 0 aliphatic rings. The molecule has 3 nitrogen and oxygen atoms in total. The fraction of sp³-hybridized carbons (Fsp3) is 0. The monoisotopic (exact) mass is 384 g/mol. The van der Waals surface area contributed by atoms with Crippen molar-refractivity contribution in [3.8, 4) is 33.7 Å². The molecule has 1 aromatic carbocycles. The van der Waals surface area contributed by atoms with E-state index in [2.05, 4.69) is 6.07 Å². The van der Waals surface area contributed by atoms with Crippen LogP contribution >= 0.6 is 34.5 Å². The lowest BCUT2D eigenvalue weighted by molar-refractivity contribution is 0.554. The van der Waals surface area contributed by atoms with E-state index in [4.69, 9.17) is 27.6 Å². The molecule has 25 heavy (non-hydrogen) atoms. The van der Waals surface area contributed by atoms with Crippen molar-refractivity contribution < 1.29 is 4.42 Å². The lowest BCUT2D eigenvalue weighted by Crippen LogP contribution is -1.92. The number of hydrogen-bond donors (Lipinski definition) is 0. The summed E-state index contributed by atoms with van der Waals surface area (Å²) in [6, 6.07) is 15.1. The van der Waals surface area contributed by atoms with Gasteiger partial charge in [-0.1, -0.05) is 35.3 Å². The third kappa shape index (κ3) is 2.77. The minimum Gasteiger partial charge on any atom is -0.437 e. The SMILES string of the molecule is N#Cc1c(-c2cccs2)oc(-n2cccc2)c1-c1ccc(Cl)cc1Cl. The average Bonchev–Trinajstić information content (AvgIpc) is 3.34. The van der Waals surface area contributed by atoms with Crippen molar-refractivity contribution in [1.29, 1.82) is 5.26 Å². The number of nitrogens with zero attached hydrogens (tertiary/aromatic N) is 2. The number of halogens is 2. The normalized spacial score (nSPS) is 10.8. The summed E-state index contributed by atoms with van der Waals surface area (Å²) >= 11 is 14.0. The predicted molar refractivity (Wildman–Crippen MR) is 102 cm³/mol. The highest BCUT2D eigenvalue weighted by atomic mass is 35.5. The number of rotatable bonds is 3. The summed E-state index contributed by atoms with van der Waals surface area (Å²) < 4.78 is 7.96. The Morgan fingerprint density at radius 3 is 2.52 bits per heavy atom. The molecule has 0 bridgehead atoms. The van der Waals surface area contributed by atoms with Gasteiger partial charge in [0.25, 0.3) is 0 Å². The highest BCUT2D eigenvalue weighted by Gasteiger charge is 2.25. The zero-order chi connectivity index (χ0) is 17.4. The average molecular weight is 385 g/mol. The maximum absolute atomic E-state index is 9.83. The van der Waals surface area contributed by atoms with E-state index < -0.39 is 0 Å². The number of hydrogen-bond acceptors (Lipinski definition) is 3. The van der Waals surface area contributed by atoms with Gasteiger partial charge in [-0.05, 0) is 35.7 Å². The lowest BCUT2D eigenvalue weighted by Gasteiger charge is -2.07. The molecule has 0 amide bonds. The van der Waals surface area contributed by atoms with Gasteiger partial charge in [-0.3, -0.25) is 4.57 Å². The van der Waals surface area contributed by atoms with Gasteiger partial charge in [-0.2, -0.15) is 5.26 Å². The first-order chi connectivity index (χ1) is 12.2. The highest BCUT2D eigenvalue weighted by Crippen LogP contribution is 2.43. The molecule has 0 aliphatic carbocycles. The molecule has 0 aliphatic heterocycles. The maximum atomic E-state index is 9.83. The molecule has 0 N–H and O–H groups in total. The molecule has 3 aromatic heterocycles. The minimum atomic E-state index is 0.454. The highest BCUT2D eigenvalue weighted by molar-refractivity contribution is 7.13. The van der Waals surface area contributed by atoms with Crippen LogP contribution in [0.15, 0.2) is 64.7 Å². The number of aromatic nitrogens is 1. The van der Waals surface area contributed by atoms with Crippen LogP contribution in [0, 0.1) is 11.3 Å². The molecule has 122 valence electrons. The van der Waals surface area contributed by atoms with Crippen molar-refractivity contribution in [2.75, 3.05) is 0 Å². The summed E-state index contributed by atoms with van der Waals surface area (Å²) in [6.07, 6.45) is 3.73. The van der Waals surface area contributed by atoms with Crippen LogP contribution in [0.2, 0.25) is 10.0 Å². The molecule has 0 atom stereocenters. The maximum Gasteiger partial charge on any atom is 0.213 e. The van der Waals surface area contributed by atoms with Gasteiger partial charge < -0.3 is 4.42 Å². The van der Waals surface area contributed by atoms with Crippen LogP contribution in [-0.2, 0) is 0 Å². The van der Waals surface area contributed by atoms with Crippen molar-refractivity contribution in [1.82, 2.24) is 4.57 Å². The smallest absolute Gasteiger partial charge is 0.213 e. The van der Waals surface area contributed by atoms with Crippen molar-refractivity contribution in [3.05, 3.63) is 75.8 Å². The Kier molecular flexibility index (Phi) is 4.14. The Bertz CT molecular complexity index is 1070. The third-order valence-corrected chi connectivity index (χ3v) is 5.20. The zero-order valence-corrected chi connectivity index (χ0v) is 15.1. The molecule has 4 aromatic rings. The lowest BCUT2D eigenvalue weighted by atomic mass is 10.0. The summed E-state index contributed by atoms with van der Waals surface area (Å²) in [5.41, 5.74) is 1.82. The van der Waals surface area contributed by atoms with E-state index in [0.717, 1.165) is 4.88 Å². The predicted octanol–water partition coefficient (Wildman–Crippen LogP) is 6.64. The Balaban J connectivity index is 2.06. The fourth-order valence-electron chi connectivity index (χ4n) is 2.70. The van der Waals surface area contributed by atoms with E-state index in [-0.39, 0.29) is 0 Å². The zero-order valence-electron chi connectivity index (χ0n) is 12.7. The van der Waals surface area contributed by atoms with E-state index in [9.17, 15) is 5.26 Å². The van der Waals surface area contributed by atoms with Crippen LogP contribution in [0.3, 0.4) is 0 Å². The molecule has 0 fully saturated rings. The van der Waals surface area contributed by atoms with Gasteiger partial charge in [-0.15, -0.1) is 11.3 Å². The van der Waals surface area contributed by atoms with Gasteiger partial charge in [0.1, 0.15) is 11.6 Å². The van der Waals surface area contributed by atoms with Gasteiger partial charge in [0.05, 0.1) is 15.5 Å². The quantitative estimate of drug-likeness (QED) is 0.396. The Hall–Kier alpha value is -2.45. The molecule has 6 heteroatoms. The molecular weight excluding hydrogens is 375 g/mol. The van der Waals surface area contributed by atoms with Crippen LogP contribution in [0.25, 0.3) is 27.6 Å². The molecule has 0 radical (unpaired) electrons. The van der Waals surface area contributed by atoms with Crippen LogP contribution in [-0.4, -0.2) is 4.57 Å². The summed E-state index contributed by atoms with van der Waals surface area (Å²) in [7, 11) is 0. The van der Waals surface area contributed by atoms with E-state index in [1.807, 2.05) is 52.7 Å². The van der Waals surface area contributed by atoms with Crippen LogP contribution < -0.4 is 0 Å². The first kappa shape index (κ1) is 16.0. The van der Waals surface area contributed by atoms with Crippen molar-refractivity contribution >= 4 is 34.5 Å². The second-order valence-electron chi connectivity index (χ2n) is 5.29. The number of nitriles is 1. The van der Waals surface area contributed by atoms with E-state index in [1.54, 1.807) is 12.1 Å². The van der Waals surface area contributed by atoms with Crippen LogP contribution in [0.4, 0.5) is 0 Å². The summed E-state index contributed by atoms with van der Waals surface area (Å²) in [5.74, 6) is 1.09. The Morgan fingerprint density at radius 2 is 1.88 bits per heavy atom. The molecule has 0 saturated heterocycles. The minimum absolute atomic E-state index is 0.454. The molecule has 3 heterocycles. The third-order valence-electron chi connectivity index (χ3n) is 3.79. The first-order valence-corrected chi connectivity index (χ1v) is 9.02. The second-order valence-corrected chi connectivity index (χ2v) is 7.08. The summed E-state index contributed by atoms with van der Waals surface area (Å²) in [4.78, 5) is 0.890. The van der Waals surface area contributed by atoms with E-state index in [0.29, 0.717) is 38.4 Å². The van der Waals surface area contributed by atoms with Gasteiger partial charge >= 0.3 is 0 Å². The van der Waals surface area contributed by atoms with Crippen LogP contribution in [0.1, 0.15) is 5.56 Å². The standard InChI is InChI=1S/C19H10Cl2N2OS/c20-12-5-6-13(15(21)10-12)17-14(11-22)18(16-4-3-9-25-16)24-19(17)23-7-1-2-8-23/h1-10H. The summed E-state index contributed by atoms with van der Waals surface area (Å²) in [5, 5.41) is 12.8.